The number of aromatic amines is 1. The summed E-state index contributed by atoms with van der Waals surface area (Å²) in [6.07, 6.45) is 4.47. The number of H-pyrrole nitrogens is 1. The second-order valence-electron chi connectivity index (χ2n) is 6.45. The van der Waals surface area contributed by atoms with E-state index in [-0.39, 0.29) is 24.7 Å². The largest absolute Gasteiger partial charge is 0.480 e. The lowest BCUT2D eigenvalue weighted by atomic mass is 10.1. The van der Waals surface area contributed by atoms with E-state index in [9.17, 15) is 14.4 Å². The molecule has 162 valence electrons. The quantitative estimate of drug-likeness (QED) is 0.320. The molecule has 2 aromatic rings. The Balaban J connectivity index is 0.000000616. The highest BCUT2D eigenvalue weighted by Gasteiger charge is 2.20. The van der Waals surface area contributed by atoms with E-state index in [4.69, 9.17) is 22.3 Å². The highest BCUT2D eigenvalue weighted by molar-refractivity contribution is 5.86. The topological polar surface area (TPSA) is 177 Å². The molecule has 0 saturated heterocycles. The molecule has 0 bridgehead atoms. The Kier molecular flexibility index (Phi) is 12.3. The fourth-order valence-electron chi connectivity index (χ4n) is 2.62. The molecule has 1 aromatic carbocycles. The van der Waals surface area contributed by atoms with Gasteiger partial charge in [0, 0.05) is 30.4 Å². The van der Waals surface area contributed by atoms with Crippen molar-refractivity contribution >= 4 is 41.1 Å². The molecule has 0 saturated carbocycles. The Labute approximate surface area is 175 Å². The van der Waals surface area contributed by atoms with Crippen molar-refractivity contribution < 1.29 is 19.5 Å². The van der Waals surface area contributed by atoms with E-state index in [2.05, 4.69) is 10.3 Å². The van der Waals surface area contributed by atoms with Gasteiger partial charge >= 0.3 is 5.97 Å². The van der Waals surface area contributed by atoms with Crippen LogP contribution in [0, 0.1) is 0 Å². The fraction of sp³-hybridized carbons (Fsp3) is 0.421. The number of carbonyl (C=O) groups is 3. The lowest BCUT2D eigenvalue weighted by Crippen LogP contribution is -2.41. The number of rotatable bonds is 9. The average Bonchev–Trinajstić information content (AvgIpc) is 3.04. The molecule has 2 amide bonds. The Hall–Kier alpha value is -2.62. The predicted molar refractivity (Wildman–Crippen MR) is 115 cm³/mol. The first-order chi connectivity index (χ1) is 13.3. The zero-order valence-electron chi connectivity index (χ0n) is 16.4. The summed E-state index contributed by atoms with van der Waals surface area (Å²) in [6.45, 7) is 1.96. The second-order valence-corrected chi connectivity index (χ2v) is 6.45. The third-order valence-corrected chi connectivity index (χ3v) is 4.11. The summed E-state index contributed by atoms with van der Waals surface area (Å²) in [5, 5.41) is 12.5. The number of hydrogen-bond acceptors (Lipinski definition) is 5. The van der Waals surface area contributed by atoms with Crippen LogP contribution < -0.4 is 22.5 Å². The smallest absolute Gasteiger partial charge is 0.326 e. The molecular weight excluding hydrogens is 398 g/mol. The highest BCUT2D eigenvalue weighted by atomic mass is 35.5. The van der Waals surface area contributed by atoms with Crippen molar-refractivity contribution in [1.29, 1.82) is 0 Å². The van der Waals surface area contributed by atoms with Crippen LogP contribution in [-0.4, -0.2) is 46.5 Å². The monoisotopic (exact) mass is 427 g/mol. The van der Waals surface area contributed by atoms with Crippen LogP contribution in [0.1, 0.15) is 31.7 Å². The molecule has 0 aliphatic heterocycles. The van der Waals surface area contributed by atoms with Gasteiger partial charge in [0.2, 0.25) is 11.8 Å². The molecule has 9 nitrogen and oxygen atoms in total. The summed E-state index contributed by atoms with van der Waals surface area (Å²) >= 11 is 0. The van der Waals surface area contributed by atoms with Crippen molar-refractivity contribution in [2.24, 2.45) is 17.2 Å². The number of hydrogen-bond donors (Lipinski definition) is 6. The van der Waals surface area contributed by atoms with Crippen LogP contribution in [0.15, 0.2) is 30.5 Å². The first kappa shape index (κ1) is 26.4. The Morgan fingerprint density at radius 1 is 1.21 bits per heavy atom. The van der Waals surface area contributed by atoms with Gasteiger partial charge in [0.1, 0.15) is 6.04 Å². The van der Waals surface area contributed by atoms with Gasteiger partial charge in [0.25, 0.3) is 0 Å². The molecule has 0 radical (unpaired) electrons. The number of amides is 2. The minimum Gasteiger partial charge on any atom is -0.480 e. The third-order valence-electron chi connectivity index (χ3n) is 4.11. The fourth-order valence-corrected chi connectivity index (χ4v) is 2.62. The second kappa shape index (κ2) is 13.5. The van der Waals surface area contributed by atoms with E-state index < -0.39 is 24.0 Å². The Morgan fingerprint density at radius 3 is 2.41 bits per heavy atom. The number of primary amides is 1. The standard InChI is InChI=1S/C13H14N2O3.C6H15N3O.ClH/c1-8(16)15-12(13(17)18)6-9-7-14-11-5-3-2-4-10(9)11;7-4-2-1-3-5(8)6(9)10;/h2-5,7,12,14H,6H2,1H3,(H,15,16)(H,17,18);5H,1-4,7-8H2,(H2,9,10);1H. The minimum atomic E-state index is -1.03. The zero-order chi connectivity index (χ0) is 21.1. The maximum Gasteiger partial charge on any atom is 0.326 e. The summed E-state index contributed by atoms with van der Waals surface area (Å²) < 4.78 is 0. The first-order valence-corrected chi connectivity index (χ1v) is 9.06. The normalized spacial score (nSPS) is 12.1. The van der Waals surface area contributed by atoms with Crippen molar-refractivity contribution in [3.63, 3.8) is 0 Å². The van der Waals surface area contributed by atoms with Crippen LogP contribution in [0.25, 0.3) is 10.9 Å². The summed E-state index contributed by atoms with van der Waals surface area (Å²) in [7, 11) is 0. The van der Waals surface area contributed by atoms with Gasteiger partial charge < -0.3 is 32.6 Å². The maximum atomic E-state index is 11.1. The SMILES string of the molecule is CC(=O)NC(Cc1c[nH]c2ccccc12)C(=O)O.Cl.NCCCCC(N)C(N)=O. The lowest BCUT2D eigenvalue weighted by Gasteiger charge is -2.12. The lowest BCUT2D eigenvalue weighted by molar-refractivity contribution is -0.141. The van der Waals surface area contributed by atoms with Crippen LogP contribution in [0.3, 0.4) is 0 Å². The van der Waals surface area contributed by atoms with Gasteiger partial charge in [-0.3, -0.25) is 9.59 Å². The highest BCUT2D eigenvalue weighted by Crippen LogP contribution is 2.19. The van der Waals surface area contributed by atoms with Gasteiger partial charge in [-0.25, -0.2) is 4.79 Å². The van der Waals surface area contributed by atoms with Crippen molar-refractivity contribution in [3.8, 4) is 0 Å². The molecule has 0 spiro atoms. The molecule has 2 unspecified atom stereocenters. The number of aliphatic carboxylic acids is 1. The van der Waals surface area contributed by atoms with E-state index in [0.717, 1.165) is 29.3 Å². The number of unbranched alkanes of at least 4 members (excludes halogenated alkanes) is 1. The first-order valence-electron chi connectivity index (χ1n) is 9.06. The van der Waals surface area contributed by atoms with Crippen LogP contribution in [-0.2, 0) is 20.8 Å². The zero-order valence-corrected chi connectivity index (χ0v) is 17.2. The number of aromatic nitrogens is 1. The Morgan fingerprint density at radius 2 is 1.86 bits per heavy atom. The molecule has 2 atom stereocenters. The number of benzene rings is 1. The Bertz CT molecular complexity index is 796. The molecule has 0 fully saturated rings. The van der Waals surface area contributed by atoms with Crippen LogP contribution in [0.2, 0.25) is 0 Å². The number of carboxylic acids is 1. The van der Waals surface area contributed by atoms with Crippen molar-refractivity contribution in [1.82, 2.24) is 10.3 Å². The van der Waals surface area contributed by atoms with E-state index in [1.807, 2.05) is 24.3 Å². The van der Waals surface area contributed by atoms with Crippen molar-refractivity contribution in [2.75, 3.05) is 6.54 Å². The number of carbonyl (C=O) groups excluding carboxylic acids is 2. The van der Waals surface area contributed by atoms with Gasteiger partial charge in [0.15, 0.2) is 0 Å². The van der Waals surface area contributed by atoms with Crippen molar-refractivity contribution in [2.45, 2.75) is 44.7 Å². The molecule has 0 aliphatic carbocycles. The van der Waals surface area contributed by atoms with Crippen LogP contribution in [0.4, 0.5) is 0 Å². The van der Waals surface area contributed by atoms with Crippen LogP contribution in [0.5, 0.6) is 0 Å². The predicted octanol–water partition coefficient (Wildman–Crippen LogP) is 0.650. The summed E-state index contributed by atoms with van der Waals surface area (Å²) in [4.78, 5) is 35.5. The van der Waals surface area contributed by atoms with Crippen molar-refractivity contribution in [3.05, 3.63) is 36.0 Å². The minimum absolute atomic E-state index is 0. The number of nitrogens with one attached hydrogen (secondary N) is 2. The summed E-state index contributed by atoms with van der Waals surface area (Å²) in [5.74, 6) is -1.81. The maximum absolute atomic E-state index is 11.1. The number of para-hydroxylation sites is 1. The molecule has 9 N–H and O–H groups in total. The summed E-state index contributed by atoms with van der Waals surface area (Å²) in [6, 6.07) is 6.26. The number of carboxylic acid groups (broad SMARTS) is 1. The molecule has 0 aliphatic rings. The molecule has 2 rings (SSSR count). The molecule has 10 heteroatoms. The third kappa shape index (κ3) is 9.42. The number of fused-ring (bicyclic) bond motifs is 1. The van der Waals surface area contributed by atoms with E-state index >= 15 is 0 Å². The number of nitrogens with two attached hydrogens (primary N) is 3. The molecule has 1 aromatic heterocycles. The average molecular weight is 428 g/mol. The van der Waals surface area contributed by atoms with Gasteiger partial charge in [-0.2, -0.15) is 0 Å². The molecule has 1 heterocycles. The molecular formula is C19H30ClN5O4. The van der Waals surface area contributed by atoms with E-state index in [1.165, 1.54) is 6.92 Å². The molecule has 29 heavy (non-hydrogen) atoms. The van der Waals surface area contributed by atoms with Gasteiger partial charge in [-0.1, -0.05) is 24.6 Å². The van der Waals surface area contributed by atoms with Gasteiger partial charge in [-0.05, 0) is 31.0 Å². The summed E-state index contributed by atoms with van der Waals surface area (Å²) in [5.41, 5.74) is 17.3. The van der Waals surface area contributed by atoms with E-state index in [1.54, 1.807) is 6.20 Å². The van der Waals surface area contributed by atoms with Gasteiger partial charge in [0.05, 0.1) is 6.04 Å². The number of halogens is 1. The van der Waals surface area contributed by atoms with Gasteiger partial charge in [-0.15, -0.1) is 12.4 Å². The van der Waals surface area contributed by atoms with Crippen LogP contribution >= 0.6 is 12.4 Å². The van der Waals surface area contributed by atoms with E-state index in [0.29, 0.717) is 13.0 Å².